The van der Waals surface area contributed by atoms with E-state index in [0.717, 1.165) is 25.2 Å². The van der Waals surface area contributed by atoms with E-state index in [-0.39, 0.29) is 0 Å². The molecule has 1 atom stereocenters. The fourth-order valence-electron chi connectivity index (χ4n) is 2.32. The second-order valence-electron chi connectivity index (χ2n) is 4.75. The molecule has 0 aliphatic carbocycles. The summed E-state index contributed by atoms with van der Waals surface area (Å²) in [5.74, 6) is 1.54. The summed E-state index contributed by atoms with van der Waals surface area (Å²) in [5, 5.41) is 0. The lowest BCUT2D eigenvalue weighted by Gasteiger charge is -2.06. The summed E-state index contributed by atoms with van der Waals surface area (Å²) in [6.45, 7) is 0.762. The zero-order chi connectivity index (χ0) is 13.9. The second kappa shape index (κ2) is 5.63. The molecule has 3 rings (SSSR count). The first-order chi connectivity index (χ1) is 9.74. The van der Waals surface area contributed by atoms with E-state index in [2.05, 4.69) is 11.1 Å². The van der Waals surface area contributed by atoms with Crippen molar-refractivity contribution in [1.29, 1.82) is 0 Å². The number of aromatic nitrogens is 1. The summed E-state index contributed by atoms with van der Waals surface area (Å²) in [5.41, 5.74) is 8.72. The van der Waals surface area contributed by atoms with Crippen molar-refractivity contribution >= 4 is 16.5 Å². The van der Waals surface area contributed by atoms with Crippen molar-refractivity contribution in [2.24, 2.45) is 0 Å². The number of pyridine rings is 1. The van der Waals surface area contributed by atoms with Crippen LogP contribution in [0.3, 0.4) is 0 Å². The Morgan fingerprint density at radius 2 is 2.25 bits per heavy atom. The highest BCUT2D eigenvalue weighted by Crippen LogP contribution is 2.26. The Labute approximate surface area is 120 Å². The number of hydrogen-bond acceptors (Lipinski definition) is 4. The van der Waals surface area contributed by atoms with E-state index in [1.165, 1.54) is 11.1 Å². The molecule has 104 valence electrons. The van der Waals surface area contributed by atoms with Crippen LogP contribution in [-0.2, 0) is 23.6 Å². The van der Waals surface area contributed by atoms with Crippen LogP contribution in [0.2, 0.25) is 0 Å². The van der Waals surface area contributed by atoms with Crippen molar-refractivity contribution < 1.29 is 8.95 Å². The number of hydrogen-bond donors (Lipinski definition) is 1. The van der Waals surface area contributed by atoms with Gasteiger partial charge in [-0.2, -0.15) is 0 Å². The number of fused-ring (bicyclic) bond motifs is 1. The number of rotatable bonds is 4. The highest BCUT2D eigenvalue weighted by molar-refractivity contribution is 7.85. The van der Waals surface area contributed by atoms with Gasteiger partial charge in [-0.3, -0.25) is 9.19 Å². The average molecular weight is 288 g/mol. The number of nitrogens with zero attached hydrogens (tertiary/aromatic N) is 1. The monoisotopic (exact) mass is 288 g/mol. The van der Waals surface area contributed by atoms with Crippen LogP contribution in [0.15, 0.2) is 41.6 Å². The molecule has 2 heterocycles. The number of anilines is 1. The standard InChI is InChI=1S/C15H16N2O2S/c16-13-10-17-6-3-15(13)20(18)8-5-11-1-2-14-12(9-11)4-7-19-14/h1-3,6,9-10H,4-5,7-8,16H2. The topological polar surface area (TPSA) is 65.2 Å². The van der Waals surface area contributed by atoms with E-state index in [4.69, 9.17) is 10.5 Å². The summed E-state index contributed by atoms with van der Waals surface area (Å²) in [6.07, 6.45) is 4.89. The number of nitrogens with two attached hydrogens (primary N) is 1. The van der Waals surface area contributed by atoms with Crippen molar-refractivity contribution in [1.82, 2.24) is 4.98 Å². The molecule has 2 aromatic rings. The maximum atomic E-state index is 12.3. The molecular weight excluding hydrogens is 272 g/mol. The van der Waals surface area contributed by atoms with Crippen LogP contribution in [0, 0.1) is 0 Å². The molecule has 1 aliphatic rings. The Kier molecular flexibility index (Phi) is 3.69. The summed E-state index contributed by atoms with van der Waals surface area (Å²) in [4.78, 5) is 4.58. The van der Waals surface area contributed by atoms with Gasteiger partial charge in [0, 0.05) is 18.4 Å². The molecule has 1 unspecified atom stereocenters. The second-order valence-corrected chi connectivity index (χ2v) is 6.29. The molecule has 5 heteroatoms. The van der Waals surface area contributed by atoms with Crippen molar-refractivity contribution in [2.45, 2.75) is 17.7 Å². The Hall–Kier alpha value is -1.88. The first kappa shape index (κ1) is 13.1. The Morgan fingerprint density at radius 3 is 3.10 bits per heavy atom. The Morgan fingerprint density at radius 1 is 1.35 bits per heavy atom. The van der Waals surface area contributed by atoms with Crippen LogP contribution in [0.1, 0.15) is 11.1 Å². The maximum Gasteiger partial charge on any atom is 0.122 e. The quantitative estimate of drug-likeness (QED) is 0.934. The average Bonchev–Trinajstić information content (AvgIpc) is 2.92. The summed E-state index contributed by atoms with van der Waals surface area (Å²) in [6, 6.07) is 7.91. The van der Waals surface area contributed by atoms with Crippen molar-refractivity contribution in [3.05, 3.63) is 47.8 Å². The van der Waals surface area contributed by atoms with Crippen LogP contribution in [0.4, 0.5) is 5.69 Å². The van der Waals surface area contributed by atoms with Crippen molar-refractivity contribution in [3.8, 4) is 5.75 Å². The molecule has 0 saturated carbocycles. The van der Waals surface area contributed by atoms with Gasteiger partial charge in [-0.1, -0.05) is 12.1 Å². The lowest BCUT2D eigenvalue weighted by molar-refractivity contribution is 0.357. The third kappa shape index (κ3) is 2.67. The highest BCUT2D eigenvalue weighted by Gasteiger charge is 2.13. The zero-order valence-corrected chi connectivity index (χ0v) is 11.9. The predicted octanol–water partition coefficient (Wildman–Crippen LogP) is 1.95. The molecule has 1 aromatic heterocycles. The van der Waals surface area contributed by atoms with Gasteiger partial charge in [-0.25, -0.2) is 0 Å². The summed E-state index contributed by atoms with van der Waals surface area (Å²) < 4.78 is 17.7. The van der Waals surface area contributed by atoms with Crippen LogP contribution < -0.4 is 10.5 Å². The van der Waals surface area contributed by atoms with Crippen molar-refractivity contribution in [2.75, 3.05) is 18.1 Å². The molecule has 0 saturated heterocycles. The zero-order valence-electron chi connectivity index (χ0n) is 11.0. The van der Waals surface area contributed by atoms with Crippen LogP contribution in [-0.4, -0.2) is 21.6 Å². The van der Waals surface area contributed by atoms with Gasteiger partial charge in [-0.15, -0.1) is 0 Å². The number of aryl methyl sites for hydroxylation is 1. The first-order valence-electron chi connectivity index (χ1n) is 6.56. The molecule has 20 heavy (non-hydrogen) atoms. The number of benzene rings is 1. The van der Waals surface area contributed by atoms with Crippen LogP contribution >= 0.6 is 0 Å². The van der Waals surface area contributed by atoms with E-state index in [0.29, 0.717) is 16.3 Å². The normalized spacial score (nSPS) is 14.6. The number of ether oxygens (including phenoxy) is 1. The summed E-state index contributed by atoms with van der Waals surface area (Å²) in [7, 11) is -1.09. The lowest BCUT2D eigenvalue weighted by atomic mass is 10.1. The minimum atomic E-state index is -1.09. The molecule has 4 nitrogen and oxygen atoms in total. The molecule has 0 bridgehead atoms. The first-order valence-corrected chi connectivity index (χ1v) is 7.88. The molecule has 0 spiro atoms. The van der Waals surface area contributed by atoms with Gasteiger partial charge in [0.05, 0.1) is 34.2 Å². The lowest BCUT2D eigenvalue weighted by Crippen LogP contribution is -2.05. The van der Waals surface area contributed by atoms with Gasteiger partial charge in [0.25, 0.3) is 0 Å². The van der Waals surface area contributed by atoms with Gasteiger partial charge in [0.2, 0.25) is 0 Å². The fourth-order valence-corrected chi connectivity index (χ4v) is 3.49. The largest absolute Gasteiger partial charge is 0.493 e. The van der Waals surface area contributed by atoms with Gasteiger partial charge in [0.15, 0.2) is 0 Å². The molecule has 1 aliphatic heterocycles. The van der Waals surface area contributed by atoms with Crippen LogP contribution in [0.5, 0.6) is 5.75 Å². The van der Waals surface area contributed by atoms with Gasteiger partial charge >= 0.3 is 0 Å². The molecule has 0 radical (unpaired) electrons. The molecule has 0 amide bonds. The fraction of sp³-hybridized carbons (Fsp3) is 0.267. The minimum absolute atomic E-state index is 0.494. The molecule has 1 aromatic carbocycles. The van der Waals surface area contributed by atoms with E-state index >= 15 is 0 Å². The van der Waals surface area contributed by atoms with E-state index in [1.807, 2.05) is 12.1 Å². The van der Waals surface area contributed by atoms with E-state index in [1.54, 1.807) is 18.5 Å². The smallest absolute Gasteiger partial charge is 0.122 e. The van der Waals surface area contributed by atoms with Crippen LogP contribution in [0.25, 0.3) is 0 Å². The molecule has 2 N–H and O–H groups in total. The molecule has 0 fully saturated rings. The highest BCUT2D eigenvalue weighted by atomic mass is 32.2. The van der Waals surface area contributed by atoms with E-state index < -0.39 is 10.8 Å². The Bertz CT molecular complexity index is 658. The van der Waals surface area contributed by atoms with Gasteiger partial charge in [0.1, 0.15) is 5.75 Å². The molecular formula is C15H16N2O2S. The van der Waals surface area contributed by atoms with Gasteiger partial charge in [-0.05, 0) is 29.7 Å². The number of nitrogen functional groups attached to an aromatic ring is 1. The third-order valence-corrected chi connectivity index (χ3v) is 4.82. The van der Waals surface area contributed by atoms with E-state index in [9.17, 15) is 4.21 Å². The Balaban J connectivity index is 1.68. The SMILES string of the molecule is Nc1cnccc1S(=O)CCc1ccc2c(c1)CCO2. The predicted molar refractivity (Wildman–Crippen MR) is 79.3 cm³/mol. The maximum absolute atomic E-state index is 12.3. The summed E-state index contributed by atoms with van der Waals surface area (Å²) >= 11 is 0. The van der Waals surface area contributed by atoms with Gasteiger partial charge < -0.3 is 10.5 Å². The minimum Gasteiger partial charge on any atom is -0.493 e. The third-order valence-electron chi connectivity index (χ3n) is 3.39. The van der Waals surface area contributed by atoms with Crippen molar-refractivity contribution in [3.63, 3.8) is 0 Å².